The number of rotatable bonds is 3. The number of piperazine rings is 1. The third kappa shape index (κ3) is 3.27. The van der Waals surface area contributed by atoms with Crippen LogP contribution in [0.4, 0.5) is 5.82 Å². The first kappa shape index (κ1) is 14.3. The predicted octanol–water partition coefficient (Wildman–Crippen LogP) is 1.65. The van der Waals surface area contributed by atoms with E-state index in [0.29, 0.717) is 31.0 Å². The molecule has 1 fully saturated rings. The second kappa shape index (κ2) is 6.38. The maximum Gasteiger partial charge on any atom is 0.222 e. The average Bonchev–Trinajstić information content (AvgIpc) is 2.46. The number of pyridine rings is 1. The molecule has 0 aromatic carbocycles. The molecule has 106 valence electrons. The molecule has 0 N–H and O–H groups in total. The van der Waals surface area contributed by atoms with E-state index in [0.717, 1.165) is 18.9 Å². The lowest BCUT2D eigenvalue weighted by atomic mass is 10.1. The number of amides is 1. The van der Waals surface area contributed by atoms with Gasteiger partial charge in [0.05, 0.1) is 5.56 Å². The van der Waals surface area contributed by atoms with Crippen LogP contribution in [-0.4, -0.2) is 42.0 Å². The Morgan fingerprint density at radius 3 is 2.70 bits per heavy atom. The first-order chi connectivity index (χ1) is 9.61. The summed E-state index contributed by atoms with van der Waals surface area (Å²) in [6.07, 6.45) is 2.31. The number of hydrogen-bond acceptors (Lipinski definition) is 4. The molecule has 0 bridgehead atoms. The fourth-order valence-electron chi connectivity index (χ4n) is 2.38. The minimum Gasteiger partial charge on any atom is -0.352 e. The van der Waals surface area contributed by atoms with Crippen molar-refractivity contribution in [2.75, 3.05) is 31.1 Å². The van der Waals surface area contributed by atoms with E-state index >= 15 is 0 Å². The summed E-state index contributed by atoms with van der Waals surface area (Å²) >= 11 is 0. The zero-order chi connectivity index (χ0) is 14.5. The van der Waals surface area contributed by atoms with Gasteiger partial charge in [0.25, 0.3) is 0 Å². The van der Waals surface area contributed by atoms with E-state index in [1.807, 2.05) is 4.90 Å². The van der Waals surface area contributed by atoms with Gasteiger partial charge in [-0.1, -0.05) is 13.8 Å². The zero-order valence-electron chi connectivity index (χ0n) is 12.0. The minimum atomic E-state index is 0.223. The quantitative estimate of drug-likeness (QED) is 0.839. The number of carbonyl (C=O) groups excluding carboxylic acids is 1. The maximum atomic E-state index is 12.0. The van der Waals surface area contributed by atoms with Crippen LogP contribution < -0.4 is 4.90 Å². The number of anilines is 1. The topological polar surface area (TPSA) is 60.2 Å². The highest BCUT2D eigenvalue weighted by molar-refractivity contribution is 5.76. The highest BCUT2D eigenvalue weighted by Crippen LogP contribution is 2.18. The lowest BCUT2D eigenvalue weighted by Gasteiger charge is -2.36. The number of nitrogens with zero attached hydrogens (tertiary/aromatic N) is 4. The first-order valence-electron chi connectivity index (χ1n) is 6.99. The molecule has 2 heterocycles. The highest BCUT2D eigenvalue weighted by Gasteiger charge is 2.23. The highest BCUT2D eigenvalue weighted by atomic mass is 16.2. The van der Waals surface area contributed by atoms with Crippen LogP contribution in [0.15, 0.2) is 18.3 Å². The van der Waals surface area contributed by atoms with Crippen LogP contribution in [0.2, 0.25) is 0 Å². The van der Waals surface area contributed by atoms with Crippen molar-refractivity contribution in [2.24, 2.45) is 5.92 Å². The van der Waals surface area contributed by atoms with E-state index in [-0.39, 0.29) is 5.91 Å². The minimum absolute atomic E-state index is 0.223. The molecular weight excluding hydrogens is 252 g/mol. The summed E-state index contributed by atoms with van der Waals surface area (Å²) in [5.41, 5.74) is 0.592. The number of aromatic nitrogens is 1. The van der Waals surface area contributed by atoms with Crippen molar-refractivity contribution in [2.45, 2.75) is 20.3 Å². The molecule has 0 atom stereocenters. The van der Waals surface area contributed by atoms with Gasteiger partial charge in [-0.05, 0) is 18.1 Å². The van der Waals surface area contributed by atoms with Crippen LogP contribution in [0, 0.1) is 17.2 Å². The fourth-order valence-corrected chi connectivity index (χ4v) is 2.38. The van der Waals surface area contributed by atoms with Crippen molar-refractivity contribution < 1.29 is 4.79 Å². The van der Waals surface area contributed by atoms with Crippen LogP contribution in [0.3, 0.4) is 0 Å². The molecule has 20 heavy (non-hydrogen) atoms. The molecular formula is C15H20N4O. The summed E-state index contributed by atoms with van der Waals surface area (Å²) in [5.74, 6) is 1.34. The lowest BCUT2D eigenvalue weighted by molar-refractivity contribution is -0.132. The summed E-state index contributed by atoms with van der Waals surface area (Å²) < 4.78 is 0. The summed E-state index contributed by atoms with van der Waals surface area (Å²) in [7, 11) is 0. The molecule has 0 spiro atoms. The van der Waals surface area contributed by atoms with Gasteiger partial charge in [-0.25, -0.2) is 4.98 Å². The summed E-state index contributed by atoms with van der Waals surface area (Å²) in [6, 6.07) is 5.71. The second-order valence-corrected chi connectivity index (χ2v) is 5.45. The van der Waals surface area contributed by atoms with Crippen molar-refractivity contribution in [1.29, 1.82) is 5.26 Å². The third-order valence-corrected chi connectivity index (χ3v) is 3.42. The summed E-state index contributed by atoms with van der Waals surface area (Å²) in [5, 5.41) is 9.11. The molecule has 1 aliphatic rings. The molecule has 5 heteroatoms. The van der Waals surface area contributed by atoms with Gasteiger partial charge >= 0.3 is 0 Å². The number of nitriles is 1. The normalized spacial score (nSPS) is 15.3. The average molecular weight is 272 g/mol. The van der Waals surface area contributed by atoms with Crippen molar-refractivity contribution in [1.82, 2.24) is 9.88 Å². The van der Waals surface area contributed by atoms with Crippen LogP contribution in [0.5, 0.6) is 0 Å². The molecule has 1 aliphatic heterocycles. The van der Waals surface area contributed by atoms with Gasteiger partial charge in [0, 0.05) is 38.8 Å². The predicted molar refractivity (Wildman–Crippen MR) is 77.2 cm³/mol. The van der Waals surface area contributed by atoms with E-state index in [2.05, 4.69) is 29.8 Å². The smallest absolute Gasteiger partial charge is 0.222 e. The van der Waals surface area contributed by atoms with Crippen LogP contribution in [0.1, 0.15) is 25.8 Å². The van der Waals surface area contributed by atoms with Crippen molar-refractivity contribution in [3.05, 3.63) is 23.9 Å². The molecule has 0 saturated carbocycles. The number of hydrogen-bond donors (Lipinski definition) is 0. The second-order valence-electron chi connectivity index (χ2n) is 5.45. The standard InChI is InChI=1S/C15H20N4O/c1-12(2)10-14(20)18-6-8-19(9-7-18)15-13(11-16)4-3-5-17-15/h3-5,12H,6-10H2,1-2H3. The summed E-state index contributed by atoms with van der Waals surface area (Å²) in [4.78, 5) is 20.3. The van der Waals surface area contributed by atoms with Crippen molar-refractivity contribution in [3.63, 3.8) is 0 Å². The Balaban J connectivity index is 1.98. The fraction of sp³-hybridized carbons (Fsp3) is 0.533. The Hall–Kier alpha value is -2.09. The van der Waals surface area contributed by atoms with Gasteiger partial charge in [0.1, 0.15) is 11.9 Å². The van der Waals surface area contributed by atoms with Gasteiger partial charge in [0.2, 0.25) is 5.91 Å². The van der Waals surface area contributed by atoms with E-state index in [1.165, 1.54) is 0 Å². The zero-order valence-corrected chi connectivity index (χ0v) is 12.0. The van der Waals surface area contributed by atoms with Gasteiger partial charge in [-0.15, -0.1) is 0 Å². The van der Waals surface area contributed by atoms with E-state index in [4.69, 9.17) is 5.26 Å². The third-order valence-electron chi connectivity index (χ3n) is 3.42. The molecule has 1 aromatic rings. The SMILES string of the molecule is CC(C)CC(=O)N1CCN(c2ncccc2C#N)CC1. The largest absolute Gasteiger partial charge is 0.352 e. The molecule has 1 aromatic heterocycles. The first-order valence-corrected chi connectivity index (χ1v) is 6.99. The van der Waals surface area contributed by atoms with Crippen LogP contribution >= 0.6 is 0 Å². The van der Waals surface area contributed by atoms with E-state index < -0.39 is 0 Å². The Morgan fingerprint density at radius 2 is 2.10 bits per heavy atom. The number of carbonyl (C=O) groups is 1. The van der Waals surface area contributed by atoms with Crippen molar-refractivity contribution in [3.8, 4) is 6.07 Å². The molecule has 0 unspecified atom stereocenters. The van der Waals surface area contributed by atoms with Gasteiger partial charge < -0.3 is 9.80 Å². The molecule has 0 aliphatic carbocycles. The Bertz CT molecular complexity index is 513. The van der Waals surface area contributed by atoms with Gasteiger partial charge in [0.15, 0.2) is 0 Å². The van der Waals surface area contributed by atoms with Gasteiger partial charge in [-0.2, -0.15) is 5.26 Å². The van der Waals surface area contributed by atoms with E-state index in [1.54, 1.807) is 18.3 Å². The van der Waals surface area contributed by atoms with Gasteiger partial charge in [-0.3, -0.25) is 4.79 Å². The molecule has 2 rings (SSSR count). The molecule has 5 nitrogen and oxygen atoms in total. The Labute approximate surface area is 119 Å². The van der Waals surface area contributed by atoms with Crippen LogP contribution in [-0.2, 0) is 4.79 Å². The van der Waals surface area contributed by atoms with Crippen molar-refractivity contribution >= 4 is 11.7 Å². The maximum absolute atomic E-state index is 12.0. The molecule has 1 saturated heterocycles. The summed E-state index contributed by atoms with van der Waals surface area (Å²) in [6.45, 7) is 6.98. The van der Waals surface area contributed by atoms with E-state index in [9.17, 15) is 4.79 Å². The Kier molecular flexibility index (Phi) is 4.57. The molecule has 1 amide bonds. The Morgan fingerprint density at radius 1 is 1.40 bits per heavy atom. The monoisotopic (exact) mass is 272 g/mol. The lowest BCUT2D eigenvalue weighted by Crippen LogP contribution is -2.49. The molecule has 0 radical (unpaired) electrons. The van der Waals surface area contributed by atoms with Crippen LogP contribution in [0.25, 0.3) is 0 Å².